The molecule has 0 N–H and O–H groups in total. The maximum Gasteiger partial charge on any atom is 0.288 e. The highest BCUT2D eigenvalue weighted by molar-refractivity contribution is 5.44. The second-order valence-electron chi connectivity index (χ2n) is 4.21. The summed E-state index contributed by atoms with van der Waals surface area (Å²) < 4.78 is 0. The highest BCUT2D eigenvalue weighted by Crippen LogP contribution is 2.25. The smallest absolute Gasteiger partial charge is 0.258 e. The zero-order valence-corrected chi connectivity index (χ0v) is 8.81. The highest BCUT2D eigenvalue weighted by Gasteiger charge is 2.22. The van der Waals surface area contributed by atoms with Crippen molar-refractivity contribution in [2.24, 2.45) is 0 Å². The van der Waals surface area contributed by atoms with Gasteiger partial charge in [0.15, 0.2) is 0 Å². The summed E-state index contributed by atoms with van der Waals surface area (Å²) in [4.78, 5) is 13.9. The molecule has 0 saturated carbocycles. The van der Waals surface area contributed by atoms with Crippen molar-refractivity contribution in [2.45, 2.75) is 26.2 Å². The maximum atomic E-state index is 10.5. The minimum absolute atomic E-state index is 0.153. The van der Waals surface area contributed by atoms with Crippen molar-refractivity contribution in [1.29, 1.82) is 5.26 Å². The molecule has 0 fully saturated rings. The van der Waals surface area contributed by atoms with Crippen molar-refractivity contribution in [3.05, 3.63) is 33.6 Å². The Bertz CT molecular complexity index is 441. The molecule has 78 valence electrons. The second kappa shape index (κ2) is 3.65. The first kappa shape index (κ1) is 11.1. The van der Waals surface area contributed by atoms with Gasteiger partial charge in [-0.15, -0.1) is 0 Å². The molecule has 1 aromatic heterocycles. The van der Waals surface area contributed by atoms with Gasteiger partial charge in [0.05, 0.1) is 16.2 Å². The third kappa shape index (κ3) is 2.29. The van der Waals surface area contributed by atoms with E-state index in [1.165, 1.54) is 12.3 Å². The van der Waals surface area contributed by atoms with Crippen LogP contribution in [0.4, 0.5) is 5.69 Å². The van der Waals surface area contributed by atoms with Crippen molar-refractivity contribution < 1.29 is 4.92 Å². The Hall–Kier alpha value is -1.96. The van der Waals surface area contributed by atoms with Crippen LogP contribution in [-0.4, -0.2) is 9.91 Å². The van der Waals surface area contributed by atoms with E-state index < -0.39 is 4.92 Å². The van der Waals surface area contributed by atoms with E-state index in [0.29, 0.717) is 5.69 Å². The van der Waals surface area contributed by atoms with Crippen molar-refractivity contribution in [3.8, 4) is 6.07 Å². The van der Waals surface area contributed by atoms with Crippen molar-refractivity contribution in [2.75, 3.05) is 0 Å². The maximum absolute atomic E-state index is 10.5. The average Bonchev–Trinajstić information content (AvgIpc) is 2.15. The molecule has 0 aliphatic carbocycles. The van der Waals surface area contributed by atoms with Gasteiger partial charge < -0.3 is 0 Å². The van der Waals surface area contributed by atoms with E-state index >= 15 is 0 Å². The van der Waals surface area contributed by atoms with Gasteiger partial charge in [0.2, 0.25) is 0 Å². The summed E-state index contributed by atoms with van der Waals surface area (Å²) in [6, 6.07) is 3.19. The summed E-state index contributed by atoms with van der Waals surface area (Å²) in [6.07, 6.45) is 1.18. The van der Waals surface area contributed by atoms with Gasteiger partial charge in [-0.2, -0.15) is 5.26 Å². The summed E-state index contributed by atoms with van der Waals surface area (Å²) in [6.45, 7) is 5.71. The summed E-state index contributed by atoms with van der Waals surface area (Å²) in [5, 5.41) is 19.4. The summed E-state index contributed by atoms with van der Waals surface area (Å²) in [5.41, 5.74) is 0.395. The van der Waals surface area contributed by atoms with Crippen LogP contribution in [-0.2, 0) is 5.41 Å². The molecular formula is C10H11N3O2. The molecule has 1 aromatic rings. The molecule has 0 bridgehead atoms. The van der Waals surface area contributed by atoms with E-state index in [2.05, 4.69) is 4.98 Å². The van der Waals surface area contributed by atoms with Gasteiger partial charge in [-0.3, -0.25) is 15.1 Å². The molecule has 0 radical (unpaired) electrons. The van der Waals surface area contributed by atoms with E-state index in [1.54, 1.807) is 0 Å². The fourth-order valence-electron chi connectivity index (χ4n) is 1.24. The number of nitriles is 1. The Morgan fingerprint density at radius 2 is 2.13 bits per heavy atom. The first-order chi connectivity index (χ1) is 6.86. The molecule has 0 spiro atoms. The fraction of sp³-hybridized carbons (Fsp3) is 0.400. The quantitative estimate of drug-likeness (QED) is 0.519. The molecule has 0 aromatic carbocycles. The van der Waals surface area contributed by atoms with Crippen molar-refractivity contribution in [1.82, 2.24) is 4.98 Å². The molecule has 15 heavy (non-hydrogen) atoms. The number of hydrogen-bond donors (Lipinski definition) is 0. The van der Waals surface area contributed by atoms with Gasteiger partial charge in [0.1, 0.15) is 12.3 Å². The van der Waals surface area contributed by atoms with E-state index in [9.17, 15) is 10.1 Å². The van der Waals surface area contributed by atoms with Crippen LogP contribution < -0.4 is 0 Å². The lowest BCUT2D eigenvalue weighted by Crippen LogP contribution is -2.15. The lowest BCUT2D eigenvalue weighted by atomic mass is 9.88. The predicted molar refractivity (Wildman–Crippen MR) is 54.3 cm³/mol. The largest absolute Gasteiger partial charge is 0.288 e. The van der Waals surface area contributed by atoms with E-state index in [-0.39, 0.29) is 16.7 Å². The third-order valence-electron chi connectivity index (χ3n) is 1.91. The van der Waals surface area contributed by atoms with Crippen LogP contribution in [0.3, 0.4) is 0 Å². The Morgan fingerprint density at radius 1 is 1.53 bits per heavy atom. The van der Waals surface area contributed by atoms with Crippen LogP contribution >= 0.6 is 0 Å². The van der Waals surface area contributed by atoms with E-state index in [0.717, 1.165) is 0 Å². The number of rotatable bonds is 1. The molecule has 0 saturated heterocycles. The van der Waals surface area contributed by atoms with Gasteiger partial charge in [-0.1, -0.05) is 20.8 Å². The monoisotopic (exact) mass is 205 g/mol. The standard InChI is InChI=1S/C10H11N3O2/c1-10(2,3)9-7(5-11)4-8(6-12-9)13(14)15/h4,6H,1-3H3. The number of aromatic nitrogens is 1. The lowest BCUT2D eigenvalue weighted by Gasteiger charge is -2.18. The summed E-state index contributed by atoms with van der Waals surface area (Å²) in [7, 11) is 0. The molecule has 5 nitrogen and oxygen atoms in total. The Morgan fingerprint density at radius 3 is 2.53 bits per heavy atom. The molecular weight excluding hydrogens is 194 g/mol. The third-order valence-corrected chi connectivity index (χ3v) is 1.91. The molecule has 0 unspecified atom stereocenters. The number of nitro groups is 1. The topological polar surface area (TPSA) is 79.8 Å². The van der Waals surface area contributed by atoms with Crippen LogP contribution in [0.2, 0.25) is 0 Å². The van der Waals surface area contributed by atoms with Crippen LogP contribution in [0.15, 0.2) is 12.3 Å². The van der Waals surface area contributed by atoms with Crippen molar-refractivity contribution in [3.63, 3.8) is 0 Å². The number of pyridine rings is 1. The summed E-state index contributed by atoms with van der Waals surface area (Å²) in [5.74, 6) is 0. The van der Waals surface area contributed by atoms with Gasteiger partial charge in [0.25, 0.3) is 5.69 Å². The predicted octanol–water partition coefficient (Wildman–Crippen LogP) is 2.16. The molecule has 1 rings (SSSR count). The van der Waals surface area contributed by atoms with Crippen LogP contribution in [0.25, 0.3) is 0 Å². The molecule has 0 aliphatic heterocycles. The fourth-order valence-corrected chi connectivity index (χ4v) is 1.24. The van der Waals surface area contributed by atoms with E-state index in [4.69, 9.17) is 5.26 Å². The Kier molecular flexibility index (Phi) is 2.71. The Balaban J connectivity index is 3.36. The Labute approximate surface area is 87.5 Å². The van der Waals surface area contributed by atoms with Crippen LogP contribution in [0, 0.1) is 21.4 Å². The lowest BCUT2D eigenvalue weighted by molar-refractivity contribution is -0.385. The molecule has 1 heterocycles. The minimum Gasteiger partial charge on any atom is -0.258 e. The van der Waals surface area contributed by atoms with Gasteiger partial charge in [-0.05, 0) is 0 Å². The first-order valence-electron chi connectivity index (χ1n) is 4.41. The van der Waals surface area contributed by atoms with E-state index in [1.807, 2.05) is 26.8 Å². The normalized spacial score (nSPS) is 10.8. The zero-order chi connectivity index (χ0) is 11.6. The highest BCUT2D eigenvalue weighted by atomic mass is 16.6. The zero-order valence-electron chi connectivity index (χ0n) is 8.81. The molecule has 5 heteroatoms. The van der Waals surface area contributed by atoms with Crippen LogP contribution in [0.5, 0.6) is 0 Å². The van der Waals surface area contributed by atoms with Crippen molar-refractivity contribution >= 4 is 5.69 Å². The molecule has 0 amide bonds. The number of hydrogen-bond acceptors (Lipinski definition) is 4. The SMILES string of the molecule is CC(C)(C)c1ncc([N+](=O)[O-])cc1C#N. The minimum atomic E-state index is -0.555. The van der Waals surface area contributed by atoms with Gasteiger partial charge in [0, 0.05) is 11.5 Å². The summed E-state index contributed by atoms with van der Waals surface area (Å²) >= 11 is 0. The number of nitrogens with zero attached hydrogens (tertiary/aromatic N) is 3. The molecule has 0 atom stereocenters. The van der Waals surface area contributed by atoms with Gasteiger partial charge >= 0.3 is 0 Å². The average molecular weight is 205 g/mol. The second-order valence-corrected chi connectivity index (χ2v) is 4.21. The van der Waals surface area contributed by atoms with Crippen LogP contribution in [0.1, 0.15) is 32.0 Å². The first-order valence-corrected chi connectivity index (χ1v) is 4.41. The van der Waals surface area contributed by atoms with Gasteiger partial charge in [-0.25, -0.2) is 0 Å². The molecule has 0 aliphatic rings.